The molecule has 0 saturated heterocycles. The molecule has 0 spiro atoms. The summed E-state index contributed by atoms with van der Waals surface area (Å²) in [5.41, 5.74) is 1.80. The van der Waals surface area contributed by atoms with Crippen LogP contribution in [0, 0.1) is 18.3 Å². The number of nitrogens with one attached hydrogen (secondary N) is 3. The fourth-order valence-corrected chi connectivity index (χ4v) is 3.13. The average Bonchev–Trinajstić information content (AvgIpc) is 2.92. The van der Waals surface area contributed by atoms with E-state index >= 15 is 0 Å². The van der Waals surface area contributed by atoms with Crippen molar-refractivity contribution < 1.29 is 8.42 Å². The number of nitrogens with zero attached hydrogens (tertiary/aromatic N) is 2. The average molecular weight is 319 g/mol. The summed E-state index contributed by atoms with van der Waals surface area (Å²) >= 11 is 0. The second kappa shape index (κ2) is 6.49. The van der Waals surface area contributed by atoms with Crippen LogP contribution in [0.25, 0.3) is 0 Å². The van der Waals surface area contributed by atoms with E-state index < -0.39 is 10.0 Å². The molecule has 3 N–H and O–H groups in total. The van der Waals surface area contributed by atoms with Gasteiger partial charge in [0.2, 0.25) is 0 Å². The molecule has 0 fully saturated rings. The van der Waals surface area contributed by atoms with Gasteiger partial charge in [-0.3, -0.25) is 9.82 Å². The second-order valence-electron chi connectivity index (χ2n) is 4.76. The summed E-state index contributed by atoms with van der Waals surface area (Å²) in [5, 5.41) is 18.4. The summed E-state index contributed by atoms with van der Waals surface area (Å²) in [6, 6.07) is 6.83. The molecule has 0 aliphatic heterocycles. The van der Waals surface area contributed by atoms with Crippen molar-refractivity contribution in [3.05, 3.63) is 35.7 Å². The van der Waals surface area contributed by atoms with Crippen LogP contribution in [0.3, 0.4) is 0 Å². The summed E-state index contributed by atoms with van der Waals surface area (Å²) in [6.45, 7) is 4.34. The van der Waals surface area contributed by atoms with E-state index in [1.807, 2.05) is 13.0 Å². The molecular weight excluding hydrogens is 302 g/mol. The van der Waals surface area contributed by atoms with E-state index in [1.54, 1.807) is 19.1 Å². The fraction of sp³-hybridized carbons (Fsp3) is 0.286. The molecule has 2 aromatic rings. The zero-order valence-electron chi connectivity index (χ0n) is 12.3. The summed E-state index contributed by atoms with van der Waals surface area (Å²) in [7, 11) is -3.77. The van der Waals surface area contributed by atoms with Gasteiger partial charge in [0.1, 0.15) is 4.90 Å². The third-order valence-corrected chi connectivity index (χ3v) is 4.51. The molecular formula is C14H17N5O2S. The number of hydrogen-bond acceptors (Lipinski definition) is 5. The number of H-pyrrole nitrogens is 1. The number of nitriles is 1. The number of aromatic nitrogens is 2. The highest BCUT2D eigenvalue weighted by molar-refractivity contribution is 7.92. The van der Waals surface area contributed by atoms with Gasteiger partial charge in [0.15, 0.2) is 0 Å². The molecule has 1 aromatic carbocycles. The minimum Gasteiger partial charge on any atom is -0.383 e. The van der Waals surface area contributed by atoms with E-state index in [0.717, 1.165) is 6.42 Å². The molecule has 0 aliphatic rings. The molecule has 7 nitrogen and oxygen atoms in total. The molecule has 0 amide bonds. The van der Waals surface area contributed by atoms with Crippen LogP contribution < -0.4 is 10.0 Å². The van der Waals surface area contributed by atoms with Gasteiger partial charge < -0.3 is 5.32 Å². The Kier molecular flexibility index (Phi) is 4.68. The fourth-order valence-electron chi connectivity index (χ4n) is 1.92. The topological polar surface area (TPSA) is 111 Å². The minimum absolute atomic E-state index is 0.0799. The SMILES string of the molecule is CCCNc1ccc(C#N)cc1NS(=O)(=O)c1cn[nH]c1C. The number of aryl methyl sites for hydroxylation is 1. The van der Waals surface area contributed by atoms with E-state index in [0.29, 0.717) is 29.2 Å². The number of aromatic amines is 1. The smallest absolute Gasteiger partial charge is 0.265 e. The molecule has 116 valence electrons. The second-order valence-corrected chi connectivity index (χ2v) is 6.41. The standard InChI is InChI=1S/C14H17N5O2S/c1-3-6-16-12-5-4-11(8-15)7-13(12)19-22(20,21)14-9-17-18-10(14)2/h4-5,7,9,16,19H,3,6H2,1-2H3,(H,17,18). The first-order valence-electron chi connectivity index (χ1n) is 6.78. The molecule has 0 bridgehead atoms. The van der Waals surface area contributed by atoms with Gasteiger partial charge in [0.05, 0.1) is 34.9 Å². The molecule has 1 heterocycles. The molecule has 0 aliphatic carbocycles. The Labute approximate surface area is 129 Å². The zero-order chi connectivity index (χ0) is 16.2. The molecule has 8 heteroatoms. The number of anilines is 2. The van der Waals surface area contributed by atoms with Crippen LogP contribution in [0.4, 0.5) is 11.4 Å². The van der Waals surface area contributed by atoms with Gasteiger partial charge in [-0.25, -0.2) is 8.42 Å². The first-order valence-corrected chi connectivity index (χ1v) is 8.27. The van der Waals surface area contributed by atoms with Crippen LogP contribution in [-0.2, 0) is 10.0 Å². The third kappa shape index (κ3) is 3.38. The lowest BCUT2D eigenvalue weighted by atomic mass is 10.2. The van der Waals surface area contributed by atoms with Gasteiger partial charge in [0.25, 0.3) is 10.0 Å². The normalized spacial score (nSPS) is 11.0. The maximum Gasteiger partial charge on any atom is 0.265 e. The van der Waals surface area contributed by atoms with Crippen LogP contribution in [0.1, 0.15) is 24.6 Å². The monoisotopic (exact) mass is 319 g/mol. The van der Waals surface area contributed by atoms with Crippen LogP contribution in [0.15, 0.2) is 29.3 Å². The molecule has 22 heavy (non-hydrogen) atoms. The number of hydrogen-bond donors (Lipinski definition) is 3. The number of sulfonamides is 1. The van der Waals surface area contributed by atoms with Crippen LogP contribution in [0.2, 0.25) is 0 Å². The van der Waals surface area contributed by atoms with Crippen LogP contribution >= 0.6 is 0 Å². The van der Waals surface area contributed by atoms with Gasteiger partial charge in [0, 0.05) is 6.54 Å². The Morgan fingerprint density at radius 2 is 2.14 bits per heavy atom. The Bertz CT molecular complexity index is 805. The van der Waals surface area contributed by atoms with Gasteiger partial charge in [-0.05, 0) is 31.5 Å². The quantitative estimate of drug-likeness (QED) is 0.756. The number of benzene rings is 1. The van der Waals surface area contributed by atoms with Crippen LogP contribution in [0.5, 0.6) is 0 Å². The van der Waals surface area contributed by atoms with Crippen molar-refractivity contribution in [1.29, 1.82) is 5.26 Å². The lowest BCUT2D eigenvalue weighted by Gasteiger charge is -2.14. The highest BCUT2D eigenvalue weighted by atomic mass is 32.2. The van der Waals surface area contributed by atoms with Gasteiger partial charge in [-0.2, -0.15) is 10.4 Å². The van der Waals surface area contributed by atoms with E-state index in [-0.39, 0.29) is 4.90 Å². The molecule has 0 unspecified atom stereocenters. The predicted molar refractivity (Wildman–Crippen MR) is 84.1 cm³/mol. The minimum atomic E-state index is -3.77. The maximum atomic E-state index is 12.4. The van der Waals surface area contributed by atoms with Crippen molar-refractivity contribution in [3.8, 4) is 6.07 Å². The summed E-state index contributed by atoms with van der Waals surface area (Å²) in [6.07, 6.45) is 2.15. The Morgan fingerprint density at radius 1 is 1.36 bits per heavy atom. The summed E-state index contributed by atoms with van der Waals surface area (Å²) in [5.74, 6) is 0. The highest BCUT2D eigenvalue weighted by Gasteiger charge is 2.20. The molecule has 2 rings (SSSR count). The molecule has 0 saturated carbocycles. The van der Waals surface area contributed by atoms with E-state index in [4.69, 9.17) is 5.26 Å². The van der Waals surface area contributed by atoms with E-state index in [2.05, 4.69) is 20.2 Å². The zero-order valence-corrected chi connectivity index (χ0v) is 13.2. The lowest BCUT2D eigenvalue weighted by Crippen LogP contribution is -2.15. The van der Waals surface area contributed by atoms with E-state index in [1.165, 1.54) is 12.3 Å². The first kappa shape index (κ1) is 15.9. The van der Waals surface area contributed by atoms with Crippen molar-refractivity contribution in [3.63, 3.8) is 0 Å². The Hall–Kier alpha value is -2.53. The van der Waals surface area contributed by atoms with Crippen molar-refractivity contribution in [2.75, 3.05) is 16.6 Å². The highest BCUT2D eigenvalue weighted by Crippen LogP contribution is 2.26. The lowest BCUT2D eigenvalue weighted by molar-refractivity contribution is 0.600. The van der Waals surface area contributed by atoms with E-state index in [9.17, 15) is 8.42 Å². The molecule has 0 radical (unpaired) electrons. The largest absolute Gasteiger partial charge is 0.383 e. The van der Waals surface area contributed by atoms with Crippen molar-refractivity contribution in [2.24, 2.45) is 0 Å². The molecule has 1 aromatic heterocycles. The van der Waals surface area contributed by atoms with Gasteiger partial charge in [-0.1, -0.05) is 6.92 Å². The van der Waals surface area contributed by atoms with Gasteiger partial charge >= 0.3 is 0 Å². The number of rotatable bonds is 6. The first-order chi connectivity index (χ1) is 10.5. The maximum absolute atomic E-state index is 12.4. The Balaban J connectivity index is 2.39. The van der Waals surface area contributed by atoms with Crippen LogP contribution in [-0.4, -0.2) is 25.2 Å². The van der Waals surface area contributed by atoms with Crippen molar-refractivity contribution in [2.45, 2.75) is 25.2 Å². The third-order valence-electron chi connectivity index (χ3n) is 3.03. The van der Waals surface area contributed by atoms with Crippen molar-refractivity contribution >= 4 is 21.4 Å². The summed E-state index contributed by atoms with van der Waals surface area (Å²) < 4.78 is 27.4. The summed E-state index contributed by atoms with van der Waals surface area (Å²) in [4.78, 5) is 0.0799. The Morgan fingerprint density at radius 3 is 2.73 bits per heavy atom. The predicted octanol–water partition coefficient (Wildman–Crippen LogP) is 2.21. The van der Waals surface area contributed by atoms with Crippen molar-refractivity contribution in [1.82, 2.24) is 10.2 Å². The molecule has 0 atom stereocenters. The van der Waals surface area contributed by atoms with Gasteiger partial charge in [-0.15, -0.1) is 0 Å².